The number of allylic oxidation sites excluding steroid dienone is 3. The number of carbonyl (C=O) groups is 3. The van der Waals surface area contributed by atoms with E-state index in [4.69, 9.17) is 0 Å². The summed E-state index contributed by atoms with van der Waals surface area (Å²) in [7, 11) is 0. The third kappa shape index (κ3) is 2.07. The number of carbonyl (C=O) groups excluding carboxylic acids is 3. The van der Waals surface area contributed by atoms with Crippen LogP contribution in [0.15, 0.2) is 47.7 Å². The third-order valence-corrected chi connectivity index (χ3v) is 4.52. The predicted octanol–water partition coefficient (Wildman–Crippen LogP) is 2.63. The maximum absolute atomic E-state index is 12.7. The molecule has 0 unspecified atom stereocenters. The van der Waals surface area contributed by atoms with Gasteiger partial charge in [0.2, 0.25) is 17.5 Å². The fourth-order valence-corrected chi connectivity index (χ4v) is 2.95. The van der Waals surface area contributed by atoms with Crippen LogP contribution in [0, 0.1) is 8.99 Å². The second-order valence-electron chi connectivity index (χ2n) is 5.56. The predicted molar refractivity (Wildman–Crippen MR) is 86.6 cm³/mol. The lowest BCUT2D eigenvalue weighted by atomic mass is 9.83. The molecule has 21 heavy (non-hydrogen) atoms. The van der Waals surface area contributed by atoms with Gasteiger partial charge in [-0.25, -0.2) is 0 Å². The summed E-state index contributed by atoms with van der Waals surface area (Å²) in [5.74, 6) is -1.29. The molecule has 1 aromatic rings. The van der Waals surface area contributed by atoms with Gasteiger partial charge in [0.25, 0.3) is 0 Å². The summed E-state index contributed by atoms with van der Waals surface area (Å²) in [5, 5.41) is 0. The van der Waals surface area contributed by atoms with Gasteiger partial charge in [-0.1, -0.05) is 0 Å². The monoisotopic (exact) mass is 393 g/mol. The topological polar surface area (TPSA) is 54.5 Å². The lowest BCUT2D eigenvalue weighted by Crippen LogP contribution is -2.30. The number of rotatable bonds is 1. The smallest absolute Gasteiger partial charge is 0.241 e. The van der Waals surface area contributed by atoms with Crippen molar-refractivity contribution in [3.63, 3.8) is 0 Å². The lowest BCUT2D eigenvalue weighted by Gasteiger charge is -2.19. The molecule has 1 aliphatic heterocycles. The first-order chi connectivity index (χ1) is 9.82. The Morgan fingerprint density at radius 2 is 1.52 bits per heavy atom. The van der Waals surface area contributed by atoms with E-state index in [1.54, 1.807) is 13.8 Å². The molecule has 0 saturated carbocycles. The van der Waals surface area contributed by atoms with E-state index >= 15 is 0 Å². The zero-order chi connectivity index (χ0) is 15.4. The van der Waals surface area contributed by atoms with Crippen LogP contribution < -0.4 is 4.90 Å². The van der Waals surface area contributed by atoms with Crippen LogP contribution in [0.1, 0.15) is 13.8 Å². The standard InChI is InChI=1S/C16H12INO3/c1-16(2)11-7-13(19)14(20)8-12(11)18(15(16)21)10-5-3-9(17)4-6-10/h3-8H,1-2H3. The summed E-state index contributed by atoms with van der Waals surface area (Å²) < 4.78 is 1.06. The number of ketones is 2. The number of nitrogens with zero attached hydrogens (tertiary/aromatic N) is 1. The molecule has 1 saturated heterocycles. The van der Waals surface area contributed by atoms with Gasteiger partial charge in [0.1, 0.15) is 0 Å². The highest BCUT2D eigenvalue weighted by Gasteiger charge is 2.49. The Bertz CT molecular complexity index is 741. The summed E-state index contributed by atoms with van der Waals surface area (Å²) in [6.45, 7) is 3.54. The Morgan fingerprint density at radius 3 is 2.14 bits per heavy atom. The first-order valence-electron chi connectivity index (χ1n) is 6.45. The van der Waals surface area contributed by atoms with Gasteiger partial charge in [-0.2, -0.15) is 0 Å². The van der Waals surface area contributed by atoms with Gasteiger partial charge in [0.15, 0.2) is 0 Å². The zero-order valence-corrected chi connectivity index (χ0v) is 13.7. The molecule has 2 aliphatic rings. The van der Waals surface area contributed by atoms with Crippen molar-refractivity contribution < 1.29 is 14.4 Å². The Kier molecular flexibility index (Phi) is 3.12. The first-order valence-corrected chi connectivity index (χ1v) is 7.53. The van der Waals surface area contributed by atoms with Gasteiger partial charge in [-0.15, -0.1) is 0 Å². The van der Waals surface area contributed by atoms with Crippen molar-refractivity contribution in [2.24, 2.45) is 5.41 Å². The van der Waals surface area contributed by atoms with Crippen molar-refractivity contribution in [1.82, 2.24) is 0 Å². The molecule has 106 valence electrons. The van der Waals surface area contributed by atoms with Crippen LogP contribution in [0.4, 0.5) is 5.69 Å². The molecule has 0 aromatic heterocycles. The van der Waals surface area contributed by atoms with E-state index in [9.17, 15) is 14.4 Å². The van der Waals surface area contributed by atoms with Crippen molar-refractivity contribution in [2.75, 3.05) is 4.90 Å². The highest BCUT2D eigenvalue weighted by atomic mass is 127. The molecule has 0 atom stereocenters. The molecule has 1 heterocycles. The molecule has 0 radical (unpaired) electrons. The number of hydrogen-bond acceptors (Lipinski definition) is 3. The molecule has 5 heteroatoms. The summed E-state index contributed by atoms with van der Waals surface area (Å²) in [6.07, 6.45) is 2.56. The Morgan fingerprint density at radius 1 is 0.952 bits per heavy atom. The summed E-state index contributed by atoms with van der Waals surface area (Å²) in [6, 6.07) is 7.46. The molecular weight excluding hydrogens is 381 g/mol. The van der Waals surface area contributed by atoms with Gasteiger partial charge >= 0.3 is 0 Å². The van der Waals surface area contributed by atoms with E-state index in [-0.39, 0.29) is 5.91 Å². The van der Waals surface area contributed by atoms with Gasteiger partial charge in [0.05, 0.1) is 11.1 Å². The van der Waals surface area contributed by atoms with Crippen molar-refractivity contribution >= 4 is 45.8 Å². The molecule has 1 fully saturated rings. The van der Waals surface area contributed by atoms with Crippen molar-refractivity contribution in [2.45, 2.75) is 13.8 Å². The van der Waals surface area contributed by atoms with E-state index in [0.29, 0.717) is 17.0 Å². The van der Waals surface area contributed by atoms with Crippen LogP contribution in [0.3, 0.4) is 0 Å². The highest BCUT2D eigenvalue weighted by molar-refractivity contribution is 14.1. The fraction of sp³-hybridized carbons (Fsp3) is 0.188. The van der Waals surface area contributed by atoms with Crippen molar-refractivity contribution in [3.05, 3.63) is 51.3 Å². The maximum Gasteiger partial charge on any atom is 0.241 e. The third-order valence-electron chi connectivity index (χ3n) is 3.80. The number of halogens is 1. The number of amides is 1. The van der Waals surface area contributed by atoms with Crippen LogP contribution in [-0.4, -0.2) is 17.5 Å². The quantitative estimate of drug-likeness (QED) is 0.419. The molecular formula is C16H12INO3. The second kappa shape index (κ2) is 4.62. The van der Waals surface area contributed by atoms with Crippen molar-refractivity contribution in [3.8, 4) is 0 Å². The molecule has 1 aromatic carbocycles. The highest BCUT2D eigenvalue weighted by Crippen LogP contribution is 2.46. The van der Waals surface area contributed by atoms with E-state index in [1.807, 2.05) is 24.3 Å². The number of hydrogen-bond donors (Lipinski definition) is 0. The van der Waals surface area contributed by atoms with E-state index in [2.05, 4.69) is 22.6 Å². The maximum atomic E-state index is 12.7. The van der Waals surface area contributed by atoms with Crippen LogP contribution in [0.25, 0.3) is 0 Å². The minimum absolute atomic E-state index is 0.135. The number of anilines is 1. The molecule has 1 aliphatic carbocycles. The minimum Gasteiger partial charge on any atom is -0.286 e. The number of benzene rings is 1. The average Bonchev–Trinajstić information content (AvgIpc) is 2.61. The van der Waals surface area contributed by atoms with Crippen LogP contribution in [0.2, 0.25) is 0 Å². The SMILES string of the molecule is CC1(C)C(=O)N(c2ccc(I)cc2)C2=CC(=O)C(=O)C=C21. The molecule has 0 N–H and O–H groups in total. The second-order valence-corrected chi connectivity index (χ2v) is 6.80. The molecule has 4 nitrogen and oxygen atoms in total. The van der Waals surface area contributed by atoms with E-state index < -0.39 is 17.0 Å². The fourth-order valence-electron chi connectivity index (χ4n) is 2.59. The molecule has 3 rings (SSSR count). The van der Waals surface area contributed by atoms with Gasteiger partial charge in [-0.3, -0.25) is 19.3 Å². The van der Waals surface area contributed by atoms with Gasteiger partial charge < -0.3 is 0 Å². The molecule has 1 amide bonds. The van der Waals surface area contributed by atoms with E-state index in [0.717, 1.165) is 3.57 Å². The summed E-state index contributed by atoms with van der Waals surface area (Å²) in [4.78, 5) is 37.5. The normalized spacial score (nSPS) is 20.3. The Balaban J connectivity index is 2.18. The average molecular weight is 393 g/mol. The minimum atomic E-state index is -0.814. The lowest BCUT2D eigenvalue weighted by molar-refractivity contribution is -0.131. The van der Waals surface area contributed by atoms with E-state index in [1.165, 1.54) is 17.1 Å². The molecule has 0 spiro atoms. The van der Waals surface area contributed by atoms with Crippen LogP contribution in [-0.2, 0) is 14.4 Å². The van der Waals surface area contributed by atoms with Gasteiger partial charge in [0, 0.05) is 15.3 Å². The zero-order valence-electron chi connectivity index (χ0n) is 11.5. The Labute approximate surface area is 135 Å². The summed E-state index contributed by atoms with van der Waals surface area (Å²) >= 11 is 2.19. The van der Waals surface area contributed by atoms with Crippen LogP contribution >= 0.6 is 22.6 Å². The van der Waals surface area contributed by atoms with Crippen LogP contribution in [0.5, 0.6) is 0 Å². The number of fused-ring (bicyclic) bond motifs is 1. The largest absolute Gasteiger partial charge is 0.286 e. The first kappa shape index (κ1) is 14.2. The molecule has 0 bridgehead atoms. The van der Waals surface area contributed by atoms with Crippen molar-refractivity contribution in [1.29, 1.82) is 0 Å². The van der Waals surface area contributed by atoms with Gasteiger partial charge in [-0.05, 0) is 72.4 Å². The summed E-state index contributed by atoms with van der Waals surface area (Å²) in [5.41, 5.74) is 1.00. The Hall–Kier alpha value is -1.76.